The van der Waals surface area contributed by atoms with Crippen LogP contribution >= 0.6 is 12.4 Å². The van der Waals surface area contributed by atoms with Gasteiger partial charge < -0.3 is 19.9 Å². The number of hydrogen-bond donors (Lipinski definition) is 1. The van der Waals surface area contributed by atoms with E-state index in [0.717, 1.165) is 22.8 Å². The molecule has 0 radical (unpaired) electrons. The third-order valence-corrected chi connectivity index (χ3v) is 4.24. The van der Waals surface area contributed by atoms with Crippen molar-refractivity contribution in [2.24, 2.45) is 11.7 Å². The molecule has 0 amide bonds. The van der Waals surface area contributed by atoms with Gasteiger partial charge in [-0.1, -0.05) is 19.3 Å². The topological polar surface area (TPSA) is 53.7 Å². The molecule has 0 unspecified atom stereocenters. The first-order valence-electron chi connectivity index (χ1n) is 7.26. The van der Waals surface area contributed by atoms with Crippen molar-refractivity contribution in [3.63, 3.8) is 0 Å². The summed E-state index contributed by atoms with van der Waals surface area (Å²) in [5.74, 6) is 2.72. The molecule has 4 nitrogen and oxygen atoms in total. The molecule has 120 valence electrons. The van der Waals surface area contributed by atoms with Crippen molar-refractivity contribution in [3.8, 4) is 17.2 Å². The Balaban J connectivity index is 0.00000220. The molecule has 0 aliphatic heterocycles. The van der Waals surface area contributed by atoms with E-state index in [4.69, 9.17) is 19.9 Å². The highest BCUT2D eigenvalue weighted by molar-refractivity contribution is 5.85. The van der Waals surface area contributed by atoms with Gasteiger partial charge >= 0.3 is 0 Å². The van der Waals surface area contributed by atoms with Gasteiger partial charge in [-0.3, -0.25) is 0 Å². The van der Waals surface area contributed by atoms with Crippen LogP contribution in [0.1, 0.15) is 43.7 Å². The van der Waals surface area contributed by atoms with Gasteiger partial charge in [-0.05, 0) is 18.8 Å². The van der Waals surface area contributed by atoms with E-state index in [1.807, 2.05) is 12.1 Å². The Morgan fingerprint density at radius 3 is 1.90 bits per heavy atom. The van der Waals surface area contributed by atoms with Crippen LogP contribution in [-0.4, -0.2) is 21.3 Å². The first kappa shape index (κ1) is 17.9. The Hall–Kier alpha value is -1.13. The van der Waals surface area contributed by atoms with Crippen LogP contribution in [0.25, 0.3) is 0 Å². The molecule has 1 saturated carbocycles. The molecule has 2 N–H and O–H groups in total. The molecule has 5 heteroatoms. The third-order valence-electron chi connectivity index (χ3n) is 4.24. The Bertz CT molecular complexity index is 422. The number of ether oxygens (including phenoxy) is 3. The van der Waals surface area contributed by atoms with Crippen molar-refractivity contribution in [2.75, 3.05) is 21.3 Å². The largest absolute Gasteiger partial charge is 0.496 e. The number of methoxy groups -OCH3 is 3. The summed E-state index contributed by atoms with van der Waals surface area (Å²) in [5.41, 5.74) is 7.47. The lowest BCUT2D eigenvalue weighted by Gasteiger charge is -2.29. The Labute approximate surface area is 133 Å². The highest BCUT2D eigenvalue weighted by Crippen LogP contribution is 2.43. The molecule has 0 aromatic heterocycles. The van der Waals surface area contributed by atoms with Crippen molar-refractivity contribution in [2.45, 2.75) is 38.1 Å². The van der Waals surface area contributed by atoms with Crippen LogP contribution in [-0.2, 0) is 0 Å². The van der Waals surface area contributed by atoms with Crippen molar-refractivity contribution in [1.82, 2.24) is 0 Å². The van der Waals surface area contributed by atoms with Crippen molar-refractivity contribution in [3.05, 3.63) is 17.7 Å². The molecule has 0 heterocycles. The number of hydrogen-bond acceptors (Lipinski definition) is 4. The van der Waals surface area contributed by atoms with Gasteiger partial charge in [0.1, 0.15) is 17.2 Å². The minimum absolute atomic E-state index is 0. The van der Waals surface area contributed by atoms with Gasteiger partial charge in [0.25, 0.3) is 0 Å². The van der Waals surface area contributed by atoms with Gasteiger partial charge in [0.15, 0.2) is 0 Å². The first-order valence-corrected chi connectivity index (χ1v) is 7.26. The third kappa shape index (κ3) is 3.95. The standard InChI is InChI=1S/C16H25NO3.ClH/c1-18-12-9-13(19-2)15(14(10-12)20-3)16(17)11-7-5-4-6-8-11;/h9-11,16H,4-8,17H2,1-3H3;1H/t16-;/m0./s1. The lowest BCUT2D eigenvalue weighted by Crippen LogP contribution is -2.24. The molecular weight excluding hydrogens is 290 g/mol. The van der Waals surface area contributed by atoms with Crippen molar-refractivity contribution >= 4 is 12.4 Å². The zero-order valence-electron chi connectivity index (χ0n) is 13.1. The fourth-order valence-corrected chi connectivity index (χ4v) is 3.09. The smallest absolute Gasteiger partial charge is 0.131 e. The summed E-state index contributed by atoms with van der Waals surface area (Å²) >= 11 is 0. The maximum Gasteiger partial charge on any atom is 0.131 e. The second-order valence-electron chi connectivity index (χ2n) is 5.37. The highest BCUT2D eigenvalue weighted by Gasteiger charge is 2.27. The fourth-order valence-electron chi connectivity index (χ4n) is 3.09. The highest BCUT2D eigenvalue weighted by atomic mass is 35.5. The summed E-state index contributed by atoms with van der Waals surface area (Å²) < 4.78 is 16.3. The maximum absolute atomic E-state index is 6.51. The van der Waals surface area contributed by atoms with Crippen LogP contribution in [0.5, 0.6) is 17.2 Å². The Morgan fingerprint density at radius 1 is 0.952 bits per heavy atom. The van der Waals surface area contributed by atoms with Crippen LogP contribution in [0.3, 0.4) is 0 Å². The molecule has 1 fully saturated rings. The first-order chi connectivity index (χ1) is 9.71. The zero-order valence-corrected chi connectivity index (χ0v) is 13.9. The Morgan fingerprint density at radius 2 is 1.48 bits per heavy atom. The lowest BCUT2D eigenvalue weighted by molar-refractivity contribution is 0.291. The van der Waals surface area contributed by atoms with E-state index in [1.54, 1.807) is 21.3 Å². The lowest BCUT2D eigenvalue weighted by atomic mass is 9.81. The van der Waals surface area contributed by atoms with Crippen molar-refractivity contribution in [1.29, 1.82) is 0 Å². The quantitative estimate of drug-likeness (QED) is 0.900. The SMILES string of the molecule is COc1cc(OC)c([C@@H](N)C2CCCCC2)c(OC)c1.Cl. The van der Waals surface area contributed by atoms with E-state index >= 15 is 0 Å². The zero-order chi connectivity index (χ0) is 14.5. The molecule has 1 aromatic rings. The van der Waals surface area contributed by atoms with E-state index in [-0.39, 0.29) is 18.4 Å². The molecular formula is C16H26ClNO3. The summed E-state index contributed by atoms with van der Waals surface area (Å²) in [4.78, 5) is 0. The molecule has 0 saturated heterocycles. The van der Waals surface area contributed by atoms with Crippen LogP contribution in [0, 0.1) is 5.92 Å². The summed E-state index contributed by atoms with van der Waals surface area (Å²) in [6, 6.07) is 3.70. The van der Waals surface area contributed by atoms with Gasteiger partial charge in [0.05, 0.1) is 26.9 Å². The molecule has 0 spiro atoms. The molecule has 21 heavy (non-hydrogen) atoms. The Kier molecular flexibility index (Phi) is 7.12. The number of rotatable bonds is 5. The minimum atomic E-state index is -0.0499. The summed E-state index contributed by atoms with van der Waals surface area (Å²) in [6.45, 7) is 0. The predicted molar refractivity (Wildman–Crippen MR) is 86.8 cm³/mol. The van der Waals surface area contributed by atoms with Crippen LogP contribution in [0.4, 0.5) is 0 Å². The van der Waals surface area contributed by atoms with Crippen LogP contribution in [0.15, 0.2) is 12.1 Å². The maximum atomic E-state index is 6.51. The summed E-state index contributed by atoms with van der Waals surface area (Å²) in [6.07, 6.45) is 6.21. The van der Waals surface area contributed by atoms with E-state index in [9.17, 15) is 0 Å². The van der Waals surface area contributed by atoms with Gasteiger partial charge in [-0.15, -0.1) is 12.4 Å². The van der Waals surface area contributed by atoms with Gasteiger partial charge in [0, 0.05) is 18.2 Å². The summed E-state index contributed by atoms with van der Waals surface area (Å²) in [5, 5.41) is 0. The monoisotopic (exact) mass is 315 g/mol. The van der Waals surface area contributed by atoms with Crippen LogP contribution in [0.2, 0.25) is 0 Å². The van der Waals surface area contributed by atoms with E-state index < -0.39 is 0 Å². The predicted octanol–water partition coefficient (Wildman–Crippen LogP) is 3.71. The van der Waals surface area contributed by atoms with Crippen molar-refractivity contribution < 1.29 is 14.2 Å². The number of nitrogens with two attached hydrogens (primary N) is 1. The second kappa shape index (κ2) is 8.35. The molecule has 1 aliphatic carbocycles. The van der Waals surface area contributed by atoms with Gasteiger partial charge in [-0.2, -0.15) is 0 Å². The molecule has 1 atom stereocenters. The average Bonchev–Trinajstić information content (AvgIpc) is 2.53. The fraction of sp³-hybridized carbons (Fsp3) is 0.625. The molecule has 1 aromatic carbocycles. The van der Waals surface area contributed by atoms with Gasteiger partial charge in [-0.25, -0.2) is 0 Å². The van der Waals surface area contributed by atoms with E-state index in [0.29, 0.717) is 5.92 Å². The normalized spacial score (nSPS) is 16.8. The van der Waals surface area contributed by atoms with Gasteiger partial charge in [0.2, 0.25) is 0 Å². The second-order valence-corrected chi connectivity index (χ2v) is 5.37. The van der Waals surface area contributed by atoms with E-state index in [1.165, 1.54) is 32.1 Å². The average molecular weight is 316 g/mol. The summed E-state index contributed by atoms with van der Waals surface area (Å²) in [7, 11) is 4.95. The van der Waals surface area contributed by atoms with Crippen LogP contribution < -0.4 is 19.9 Å². The molecule has 0 bridgehead atoms. The number of benzene rings is 1. The number of halogens is 1. The molecule has 2 rings (SSSR count). The molecule has 1 aliphatic rings. The van der Waals surface area contributed by atoms with E-state index in [2.05, 4.69) is 0 Å². The minimum Gasteiger partial charge on any atom is -0.496 e.